The SMILES string of the molecule is CC(C)(C)OC(=O)N1CCC[C@H]1c1ncc(Br)[nH]1.COc1nc(Cl)ccc1-c1cnc([C@@H]2CCCN2C(=O)OC(C)(C)C)[nH]1.COc1nc(Cl)ccc1B(O)O.O=CO[O-].S.S.[H-].[K+].[K+]. The molecule has 0 saturated carbocycles. The van der Waals surface area contributed by atoms with Gasteiger partial charge in [-0.15, -0.1) is 0 Å². The number of hydrogen-bond donors (Lipinski definition) is 4. The minimum absolute atomic E-state index is 0. The van der Waals surface area contributed by atoms with E-state index < -0.39 is 18.3 Å². The number of aromatic nitrogens is 6. The van der Waals surface area contributed by atoms with E-state index in [-0.39, 0.29) is 178 Å². The Balaban J connectivity index is -0.000000867. The van der Waals surface area contributed by atoms with Crippen LogP contribution in [0.3, 0.4) is 0 Å². The molecule has 4 aromatic heterocycles. The number of methoxy groups -OCH3 is 2. The topological polar surface area (TPSA) is 250 Å². The van der Waals surface area contributed by atoms with Crippen LogP contribution in [0.4, 0.5) is 9.59 Å². The maximum Gasteiger partial charge on any atom is 1.00 e. The van der Waals surface area contributed by atoms with E-state index in [4.69, 9.17) is 62.2 Å². The van der Waals surface area contributed by atoms with Crippen LogP contribution in [-0.4, -0.2) is 114 Å². The summed E-state index contributed by atoms with van der Waals surface area (Å²) in [5.41, 5.74) is 0.728. The van der Waals surface area contributed by atoms with Gasteiger partial charge in [0.05, 0.1) is 50.0 Å². The number of ether oxygens (including phenoxy) is 4. The molecule has 0 bridgehead atoms. The first-order valence-electron chi connectivity index (χ1n) is 18.5. The van der Waals surface area contributed by atoms with Crippen molar-refractivity contribution in [3.63, 3.8) is 0 Å². The molecule has 2 amide bonds. The molecular weight excluding hydrogens is 1040 g/mol. The molecule has 4 N–H and O–H groups in total. The molecule has 4 aromatic rings. The van der Waals surface area contributed by atoms with Crippen LogP contribution in [0.5, 0.6) is 11.8 Å². The van der Waals surface area contributed by atoms with Gasteiger partial charge in [-0.3, -0.25) is 14.6 Å². The molecule has 2 aliphatic rings. The number of nitrogens with one attached hydrogen (secondary N) is 2. The molecule has 0 aromatic carbocycles. The van der Waals surface area contributed by atoms with Gasteiger partial charge in [0, 0.05) is 18.6 Å². The van der Waals surface area contributed by atoms with Crippen LogP contribution < -0.4 is 123 Å². The average Bonchev–Trinajstić information content (AvgIpc) is 4.01. The summed E-state index contributed by atoms with van der Waals surface area (Å²) < 4.78 is 21.8. The normalized spacial score (nSPS) is 14.9. The second-order valence-electron chi connectivity index (χ2n) is 15.0. The number of imidazole rings is 2. The number of halogens is 3. The van der Waals surface area contributed by atoms with E-state index >= 15 is 0 Å². The molecule has 0 aliphatic carbocycles. The molecule has 6 heterocycles. The van der Waals surface area contributed by atoms with Crippen molar-refractivity contribution in [3.8, 4) is 23.0 Å². The van der Waals surface area contributed by atoms with Crippen molar-refractivity contribution in [2.75, 3.05) is 27.3 Å². The van der Waals surface area contributed by atoms with Crippen molar-refractivity contribution in [1.29, 1.82) is 0 Å². The van der Waals surface area contributed by atoms with E-state index in [1.54, 1.807) is 35.4 Å². The van der Waals surface area contributed by atoms with Gasteiger partial charge in [-0.2, -0.15) is 27.0 Å². The van der Waals surface area contributed by atoms with Crippen molar-refractivity contribution in [3.05, 3.63) is 63.2 Å². The zero-order valence-corrected chi connectivity index (χ0v) is 48.7. The predicted molar refractivity (Wildman–Crippen MR) is 244 cm³/mol. The van der Waals surface area contributed by atoms with Crippen LogP contribution in [0, 0.1) is 0 Å². The Hall–Kier alpha value is -0.692. The number of H-pyrrole nitrogens is 2. The molecule has 27 heteroatoms. The summed E-state index contributed by atoms with van der Waals surface area (Å²) in [4.78, 5) is 62.4. The quantitative estimate of drug-likeness (QED) is 0.0608. The van der Waals surface area contributed by atoms with Crippen LogP contribution in [0.25, 0.3) is 11.3 Å². The maximum atomic E-state index is 12.5. The van der Waals surface area contributed by atoms with Gasteiger partial charge in [0.2, 0.25) is 11.8 Å². The molecule has 64 heavy (non-hydrogen) atoms. The van der Waals surface area contributed by atoms with Gasteiger partial charge in [-0.1, -0.05) is 29.3 Å². The first-order valence-corrected chi connectivity index (χ1v) is 20.0. The second-order valence-corrected chi connectivity index (χ2v) is 16.6. The number of aromatic amines is 2. The van der Waals surface area contributed by atoms with Gasteiger partial charge in [-0.05, 0) is 101 Å². The second kappa shape index (κ2) is 31.4. The molecule has 2 fully saturated rings. The fraction of sp³-hybridized carbons (Fsp3) is 0.486. The number of carbonyl (C=O) groups is 3. The van der Waals surface area contributed by atoms with Crippen LogP contribution in [0.1, 0.15) is 92.4 Å². The Bertz CT molecular complexity index is 2040. The number of nitrogens with zero attached hydrogens (tertiary/aromatic N) is 6. The maximum absolute atomic E-state index is 12.5. The Morgan fingerprint density at radius 1 is 0.828 bits per heavy atom. The van der Waals surface area contributed by atoms with Gasteiger partial charge < -0.3 is 50.5 Å². The molecule has 346 valence electrons. The van der Waals surface area contributed by atoms with E-state index in [0.29, 0.717) is 17.6 Å². The summed E-state index contributed by atoms with van der Waals surface area (Å²) in [6.45, 7) is 12.4. The van der Waals surface area contributed by atoms with Crippen molar-refractivity contribution in [2.45, 2.75) is 90.5 Å². The molecule has 2 aliphatic heterocycles. The van der Waals surface area contributed by atoms with Crippen molar-refractivity contribution >= 4 is 97.4 Å². The smallest absolute Gasteiger partial charge is 1.00 e. The average molecular weight is 1090 g/mol. The summed E-state index contributed by atoms with van der Waals surface area (Å²) in [6, 6.07) is 6.28. The minimum atomic E-state index is -1.59. The number of rotatable bonds is 7. The summed E-state index contributed by atoms with van der Waals surface area (Å²) in [5, 5.41) is 26.7. The van der Waals surface area contributed by atoms with Gasteiger partial charge in [-0.25, -0.2) is 29.5 Å². The molecule has 6 rings (SSSR count). The molecule has 2 saturated heterocycles. The zero-order valence-electron chi connectivity index (χ0n) is 38.4. The largest absolute Gasteiger partial charge is 1.00 e. The van der Waals surface area contributed by atoms with Gasteiger partial charge in [0.25, 0.3) is 6.47 Å². The van der Waals surface area contributed by atoms with E-state index in [1.807, 2.05) is 47.6 Å². The van der Waals surface area contributed by atoms with E-state index in [2.05, 4.69) is 50.7 Å². The fourth-order valence-corrected chi connectivity index (χ4v) is 6.46. The molecule has 2 atom stereocenters. The standard InChI is InChI=1S/C18H23ClN4O3.C12H18BrN3O2.C6H7BClNO3.CH2O3.2K.2H2S.H/c1-18(2,3)26-17(24)23-9-5-6-13(23)15-20-10-12(21-15)11-7-8-14(19)22-16(11)25-4;1-12(2,3)18-11(17)16-6-4-5-8(16)10-14-7-9(13)15-10;1-12-6-4(7(10)11)2-3-5(8)9-6;2-1-4-3;;;;;/h7-8,10,13H,5-6,9H2,1-4H3,(H,20,21);7-8H,4-6H2,1-3H3,(H,14,15);2-3,10-11H,1H3;1,3H;;;2*1H2;/q;;;;2*+1;;;-1/p-1/t13-;8-;;;;;;;/m00......./s1. The number of amides is 2. The zero-order chi connectivity index (χ0) is 44.8. The van der Waals surface area contributed by atoms with Crippen LogP contribution in [-0.2, 0) is 19.2 Å². The molecular formula is C37H54BBrCl2K2N8O11S2. The first kappa shape index (κ1) is 65.4. The Kier molecular flexibility index (Phi) is 32.1. The Morgan fingerprint density at radius 2 is 1.27 bits per heavy atom. The van der Waals surface area contributed by atoms with Crippen LogP contribution >= 0.6 is 66.1 Å². The van der Waals surface area contributed by atoms with Crippen LogP contribution in [0.2, 0.25) is 10.3 Å². The third kappa shape index (κ3) is 21.3. The Labute approximate surface area is 492 Å². The number of pyridine rings is 2. The molecule has 0 spiro atoms. The number of likely N-dealkylation sites (tertiary alicyclic amines) is 2. The number of carbonyl (C=O) groups excluding carboxylic acids is 3. The first-order chi connectivity index (χ1) is 28.2. The summed E-state index contributed by atoms with van der Waals surface area (Å²) >= 11 is 14.8. The van der Waals surface area contributed by atoms with Gasteiger partial charge in [0.1, 0.15) is 37.8 Å². The van der Waals surface area contributed by atoms with Gasteiger partial charge >= 0.3 is 122 Å². The van der Waals surface area contributed by atoms with E-state index in [9.17, 15) is 9.59 Å². The fourth-order valence-electron chi connectivity index (χ4n) is 5.87. The molecule has 19 nitrogen and oxygen atoms in total. The van der Waals surface area contributed by atoms with E-state index in [0.717, 1.165) is 59.7 Å². The monoisotopic (exact) mass is 1090 g/mol. The van der Waals surface area contributed by atoms with Crippen molar-refractivity contribution < 1.29 is 158 Å². The molecule has 0 unspecified atom stereocenters. The summed E-state index contributed by atoms with van der Waals surface area (Å²) in [7, 11) is 1.33. The van der Waals surface area contributed by atoms with Crippen molar-refractivity contribution in [1.82, 2.24) is 39.7 Å². The predicted octanol–water partition coefficient (Wildman–Crippen LogP) is -0.346. The van der Waals surface area contributed by atoms with Crippen LogP contribution in [0.15, 0.2) is 41.3 Å². The third-order valence-electron chi connectivity index (χ3n) is 8.23. The summed E-state index contributed by atoms with van der Waals surface area (Å²) in [5.74, 6) is 2.08. The third-order valence-corrected chi connectivity index (χ3v) is 9.05. The van der Waals surface area contributed by atoms with E-state index in [1.165, 1.54) is 19.2 Å². The van der Waals surface area contributed by atoms with Crippen molar-refractivity contribution in [2.24, 2.45) is 0 Å². The van der Waals surface area contributed by atoms with Gasteiger partial charge in [0.15, 0.2) is 0 Å². The molecule has 0 radical (unpaired) electrons. The number of hydrogen-bond acceptors (Lipinski definition) is 15. The Morgan fingerprint density at radius 3 is 1.67 bits per heavy atom. The summed E-state index contributed by atoms with van der Waals surface area (Å²) in [6.07, 6.45) is 6.48. The minimum Gasteiger partial charge on any atom is -1.00 e.